The number of methoxy groups -OCH3 is 1. The predicted octanol–water partition coefficient (Wildman–Crippen LogP) is 4.65. The number of carbonyl (C=O) groups is 2. The summed E-state index contributed by atoms with van der Waals surface area (Å²) in [4.78, 5) is 30.7. The molecular formula is C27H27FN2O4. The molecule has 2 aromatic carbocycles. The Morgan fingerprint density at radius 3 is 2.65 bits per heavy atom. The average molecular weight is 463 g/mol. The lowest BCUT2D eigenvalue weighted by Crippen LogP contribution is -2.36. The first-order chi connectivity index (χ1) is 16.3. The Kier molecular flexibility index (Phi) is 6.63. The van der Waals surface area contributed by atoms with Gasteiger partial charge in [0.15, 0.2) is 0 Å². The third kappa shape index (κ3) is 4.78. The molecule has 1 aliphatic rings. The Morgan fingerprint density at radius 1 is 1.15 bits per heavy atom. The zero-order chi connectivity index (χ0) is 24.4. The van der Waals surface area contributed by atoms with Crippen molar-refractivity contribution in [2.45, 2.75) is 39.2 Å². The molecule has 0 spiro atoms. The number of ether oxygens (including phenoxy) is 1. The minimum absolute atomic E-state index is 0.0725. The maximum atomic E-state index is 14.3. The molecule has 1 aliphatic heterocycles. The van der Waals surface area contributed by atoms with Crippen molar-refractivity contribution in [2.75, 3.05) is 13.7 Å². The van der Waals surface area contributed by atoms with E-state index in [9.17, 15) is 19.1 Å². The van der Waals surface area contributed by atoms with Crippen molar-refractivity contribution >= 4 is 11.9 Å². The fourth-order valence-corrected chi connectivity index (χ4v) is 4.54. The van der Waals surface area contributed by atoms with Crippen LogP contribution in [-0.2, 0) is 17.8 Å². The van der Waals surface area contributed by atoms with E-state index in [1.165, 1.54) is 13.2 Å². The van der Waals surface area contributed by atoms with Gasteiger partial charge in [0.05, 0.1) is 19.1 Å². The average Bonchev–Trinajstić information content (AvgIpc) is 2.83. The van der Waals surface area contributed by atoms with E-state index in [0.717, 1.165) is 33.4 Å². The zero-order valence-corrected chi connectivity index (χ0v) is 19.5. The smallest absolute Gasteiger partial charge is 0.304 e. The van der Waals surface area contributed by atoms with E-state index >= 15 is 0 Å². The summed E-state index contributed by atoms with van der Waals surface area (Å²) in [5, 5.41) is 9.59. The van der Waals surface area contributed by atoms with E-state index in [2.05, 4.69) is 4.98 Å². The number of aryl methyl sites for hydroxylation is 2. The number of pyridine rings is 1. The SMILES string of the molecule is COc1cc(C)c([C@H](CC(=O)O)c2ccc3c(c2)CN(C(=O)c2cc(C)ccc2F)CC3)cn1. The second-order valence-electron chi connectivity index (χ2n) is 8.72. The van der Waals surface area contributed by atoms with Crippen molar-refractivity contribution in [1.29, 1.82) is 0 Å². The minimum Gasteiger partial charge on any atom is -0.481 e. The number of aromatic nitrogens is 1. The second-order valence-corrected chi connectivity index (χ2v) is 8.72. The van der Waals surface area contributed by atoms with Crippen LogP contribution >= 0.6 is 0 Å². The maximum Gasteiger partial charge on any atom is 0.304 e. The van der Waals surface area contributed by atoms with Crippen LogP contribution in [0.2, 0.25) is 0 Å². The topological polar surface area (TPSA) is 79.7 Å². The molecule has 34 heavy (non-hydrogen) atoms. The molecule has 1 aromatic heterocycles. The van der Waals surface area contributed by atoms with Crippen LogP contribution in [0.4, 0.5) is 4.39 Å². The number of halogens is 1. The van der Waals surface area contributed by atoms with Crippen LogP contribution in [0, 0.1) is 19.7 Å². The minimum atomic E-state index is -0.912. The summed E-state index contributed by atoms with van der Waals surface area (Å²) in [5.41, 5.74) is 5.49. The van der Waals surface area contributed by atoms with E-state index in [4.69, 9.17) is 4.74 Å². The van der Waals surface area contributed by atoms with Crippen molar-refractivity contribution < 1.29 is 23.8 Å². The van der Waals surface area contributed by atoms with Crippen LogP contribution in [0.1, 0.15) is 56.1 Å². The third-order valence-electron chi connectivity index (χ3n) is 6.37. The summed E-state index contributed by atoms with van der Waals surface area (Å²) in [6, 6.07) is 12.3. The quantitative estimate of drug-likeness (QED) is 0.577. The lowest BCUT2D eigenvalue weighted by Gasteiger charge is -2.30. The number of benzene rings is 2. The highest BCUT2D eigenvalue weighted by Gasteiger charge is 2.26. The molecule has 0 saturated heterocycles. The Balaban J connectivity index is 1.66. The first kappa shape index (κ1) is 23.4. The molecule has 4 rings (SSSR count). The van der Waals surface area contributed by atoms with Gasteiger partial charge in [0.1, 0.15) is 5.82 Å². The molecule has 3 aromatic rings. The van der Waals surface area contributed by atoms with Gasteiger partial charge in [0.2, 0.25) is 5.88 Å². The molecule has 0 aliphatic carbocycles. The molecule has 6 nitrogen and oxygen atoms in total. The third-order valence-corrected chi connectivity index (χ3v) is 6.37. The summed E-state index contributed by atoms with van der Waals surface area (Å²) in [6.07, 6.45) is 2.23. The number of carbonyl (C=O) groups excluding carboxylic acids is 1. The number of amides is 1. The number of hydrogen-bond acceptors (Lipinski definition) is 4. The highest BCUT2D eigenvalue weighted by molar-refractivity contribution is 5.94. The van der Waals surface area contributed by atoms with E-state index in [-0.39, 0.29) is 17.9 Å². The van der Waals surface area contributed by atoms with Crippen molar-refractivity contribution in [3.63, 3.8) is 0 Å². The summed E-state index contributed by atoms with van der Waals surface area (Å²) in [6.45, 7) is 4.57. The molecule has 1 N–H and O–H groups in total. The van der Waals surface area contributed by atoms with Gasteiger partial charge in [-0.05, 0) is 60.2 Å². The van der Waals surface area contributed by atoms with Crippen molar-refractivity contribution in [2.24, 2.45) is 0 Å². The fourth-order valence-electron chi connectivity index (χ4n) is 4.54. The number of nitrogens with zero attached hydrogens (tertiary/aromatic N) is 2. The molecule has 0 saturated carbocycles. The van der Waals surface area contributed by atoms with Gasteiger partial charge in [-0.15, -0.1) is 0 Å². The highest BCUT2D eigenvalue weighted by Crippen LogP contribution is 2.33. The van der Waals surface area contributed by atoms with Gasteiger partial charge in [0, 0.05) is 31.3 Å². The number of carboxylic acid groups (broad SMARTS) is 1. The number of carboxylic acids is 1. The predicted molar refractivity (Wildman–Crippen MR) is 126 cm³/mol. The van der Waals surface area contributed by atoms with Crippen LogP contribution in [0.5, 0.6) is 5.88 Å². The summed E-state index contributed by atoms with van der Waals surface area (Å²) in [7, 11) is 1.54. The number of rotatable bonds is 6. The van der Waals surface area contributed by atoms with E-state index in [1.807, 2.05) is 32.0 Å². The van der Waals surface area contributed by atoms with Gasteiger partial charge in [-0.1, -0.05) is 29.8 Å². The largest absolute Gasteiger partial charge is 0.481 e. The Bertz CT molecular complexity index is 1260. The molecular weight excluding hydrogens is 435 g/mol. The number of fused-ring (bicyclic) bond motifs is 1. The first-order valence-corrected chi connectivity index (χ1v) is 11.2. The van der Waals surface area contributed by atoms with Crippen molar-refractivity contribution in [3.05, 3.63) is 93.4 Å². The van der Waals surface area contributed by atoms with Crippen LogP contribution in [0.25, 0.3) is 0 Å². The standard InChI is InChI=1S/C27H27FN2O4/c1-16-4-7-24(28)22(10-16)27(33)30-9-8-18-5-6-19(12-20(18)15-30)21(13-26(31)32)23-14-29-25(34-3)11-17(23)2/h4-7,10-12,14,21H,8-9,13,15H2,1-3H3,(H,31,32)/t21-/m1/s1. The maximum absolute atomic E-state index is 14.3. The molecule has 176 valence electrons. The van der Waals surface area contributed by atoms with Gasteiger partial charge in [-0.25, -0.2) is 9.37 Å². The highest BCUT2D eigenvalue weighted by atomic mass is 19.1. The number of aliphatic carboxylic acids is 1. The van der Waals surface area contributed by atoms with E-state index < -0.39 is 17.7 Å². The Morgan fingerprint density at radius 2 is 1.94 bits per heavy atom. The van der Waals surface area contributed by atoms with Gasteiger partial charge in [0.25, 0.3) is 5.91 Å². The van der Waals surface area contributed by atoms with Gasteiger partial charge >= 0.3 is 5.97 Å². The van der Waals surface area contributed by atoms with Crippen LogP contribution in [0.3, 0.4) is 0 Å². The molecule has 0 unspecified atom stereocenters. The number of hydrogen-bond donors (Lipinski definition) is 1. The zero-order valence-electron chi connectivity index (χ0n) is 19.5. The summed E-state index contributed by atoms with van der Waals surface area (Å²) < 4.78 is 19.5. The van der Waals surface area contributed by atoms with Gasteiger partial charge < -0.3 is 14.7 Å². The summed E-state index contributed by atoms with van der Waals surface area (Å²) in [5.74, 6) is -1.71. The lowest BCUT2D eigenvalue weighted by atomic mass is 9.84. The molecule has 7 heteroatoms. The Labute approximate surface area is 198 Å². The normalized spacial score (nSPS) is 13.8. The van der Waals surface area contributed by atoms with Crippen molar-refractivity contribution in [1.82, 2.24) is 9.88 Å². The van der Waals surface area contributed by atoms with Gasteiger partial charge in [-0.3, -0.25) is 9.59 Å². The summed E-state index contributed by atoms with van der Waals surface area (Å²) >= 11 is 0. The first-order valence-electron chi connectivity index (χ1n) is 11.2. The molecule has 0 bridgehead atoms. The van der Waals surface area contributed by atoms with Crippen molar-refractivity contribution in [3.8, 4) is 5.88 Å². The lowest BCUT2D eigenvalue weighted by molar-refractivity contribution is -0.137. The molecule has 0 radical (unpaired) electrons. The molecule has 1 amide bonds. The fraction of sp³-hybridized carbons (Fsp3) is 0.296. The van der Waals surface area contributed by atoms with Gasteiger partial charge in [-0.2, -0.15) is 0 Å². The molecule has 0 fully saturated rings. The molecule has 2 heterocycles. The molecule has 1 atom stereocenters. The monoisotopic (exact) mass is 462 g/mol. The Hall–Kier alpha value is -3.74. The van der Waals surface area contributed by atoms with Crippen LogP contribution in [0.15, 0.2) is 48.7 Å². The second kappa shape index (κ2) is 9.63. The van der Waals surface area contributed by atoms with Crippen LogP contribution < -0.4 is 4.74 Å². The van der Waals surface area contributed by atoms with E-state index in [0.29, 0.717) is 25.4 Å². The van der Waals surface area contributed by atoms with E-state index in [1.54, 1.807) is 29.3 Å². The van der Waals surface area contributed by atoms with Crippen LogP contribution in [-0.4, -0.2) is 40.5 Å².